The highest BCUT2D eigenvalue weighted by Gasteiger charge is 2.27. The Morgan fingerprint density at radius 2 is 2.19 bits per heavy atom. The van der Waals surface area contributed by atoms with Crippen molar-refractivity contribution >= 4 is 9.84 Å². The second kappa shape index (κ2) is 5.19. The van der Waals surface area contributed by atoms with Crippen LogP contribution in [0, 0.1) is 5.92 Å². The van der Waals surface area contributed by atoms with E-state index in [1.165, 1.54) is 0 Å². The molecule has 0 aliphatic carbocycles. The molecule has 2 atom stereocenters. The Balaban J connectivity index is 1.63. The summed E-state index contributed by atoms with van der Waals surface area (Å²) in [7, 11) is -2.73. The summed E-state index contributed by atoms with van der Waals surface area (Å²) >= 11 is 0. The lowest BCUT2D eigenvalue weighted by molar-refractivity contribution is 0.121. The molecule has 0 aromatic rings. The van der Waals surface area contributed by atoms with Gasteiger partial charge in [0.05, 0.1) is 17.8 Å². The molecule has 0 radical (unpaired) electrons. The fraction of sp³-hybridized carbons (Fsp3) is 0.818. The number of ether oxygens (including phenoxy) is 1. The molecule has 0 spiro atoms. The van der Waals surface area contributed by atoms with Crippen molar-refractivity contribution in [2.45, 2.75) is 25.4 Å². The second-order valence-corrected chi connectivity index (χ2v) is 6.86. The second-order valence-electron chi connectivity index (χ2n) is 4.63. The fourth-order valence-corrected chi connectivity index (χ4v) is 4.08. The van der Waals surface area contributed by atoms with Crippen molar-refractivity contribution in [2.24, 2.45) is 5.92 Å². The molecule has 2 unspecified atom stereocenters. The van der Waals surface area contributed by atoms with Crippen molar-refractivity contribution in [3.63, 3.8) is 0 Å². The Morgan fingerprint density at radius 1 is 1.31 bits per heavy atom. The molecule has 0 bridgehead atoms. The van der Waals surface area contributed by atoms with Crippen LogP contribution < -0.4 is 5.32 Å². The summed E-state index contributed by atoms with van der Waals surface area (Å²) in [5.41, 5.74) is 0. The van der Waals surface area contributed by atoms with E-state index in [-0.39, 0.29) is 6.10 Å². The van der Waals surface area contributed by atoms with Crippen LogP contribution in [0.3, 0.4) is 0 Å². The molecule has 0 saturated carbocycles. The van der Waals surface area contributed by atoms with Gasteiger partial charge in [0.1, 0.15) is 6.10 Å². The Labute approximate surface area is 97.0 Å². The van der Waals surface area contributed by atoms with Crippen molar-refractivity contribution in [1.82, 2.24) is 5.32 Å². The fourth-order valence-electron chi connectivity index (χ4n) is 2.22. The van der Waals surface area contributed by atoms with Crippen LogP contribution in [0.25, 0.3) is 0 Å². The number of sulfone groups is 1. The smallest absolute Gasteiger partial charge is 0.150 e. The van der Waals surface area contributed by atoms with E-state index in [4.69, 9.17) is 4.74 Å². The third-order valence-corrected chi connectivity index (χ3v) is 4.99. The van der Waals surface area contributed by atoms with Crippen LogP contribution in [-0.2, 0) is 14.6 Å². The van der Waals surface area contributed by atoms with Gasteiger partial charge in [-0.2, -0.15) is 0 Å². The number of hydrogen-bond acceptors (Lipinski definition) is 4. The van der Waals surface area contributed by atoms with Gasteiger partial charge in [-0.25, -0.2) is 8.42 Å². The molecule has 1 N–H and O–H groups in total. The molecule has 2 heterocycles. The predicted octanol–water partition coefficient (Wildman–Crippen LogP) is 0.703. The highest BCUT2D eigenvalue weighted by Crippen LogP contribution is 2.17. The lowest BCUT2D eigenvalue weighted by Crippen LogP contribution is -2.32. The van der Waals surface area contributed by atoms with Gasteiger partial charge in [-0.1, -0.05) is 0 Å². The first-order chi connectivity index (χ1) is 7.66. The van der Waals surface area contributed by atoms with Crippen LogP contribution in [0.5, 0.6) is 0 Å². The van der Waals surface area contributed by atoms with Crippen molar-refractivity contribution in [2.75, 3.05) is 24.6 Å². The summed E-state index contributed by atoms with van der Waals surface area (Å²) < 4.78 is 27.9. The highest BCUT2D eigenvalue weighted by molar-refractivity contribution is 7.91. The summed E-state index contributed by atoms with van der Waals surface area (Å²) in [6.07, 6.45) is 6.97. The lowest BCUT2D eigenvalue weighted by Gasteiger charge is -2.20. The maximum Gasteiger partial charge on any atom is 0.150 e. The molecule has 4 nitrogen and oxygen atoms in total. The van der Waals surface area contributed by atoms with E-state index in [0.717, 1.165) is 32.4 Å². The Bertz CT molecular complexity index is 350. The maximum atomic E-state index is 11.2. The zero-order valence-corrected chi connectivity index (χ0v) is 10.2. The molecule has 92 valence electrons. The standard InChI is InChI=1S/C11H19NO3S/c13-16(14)6-4-10(9-16)7-12-8-11-3-1-2-5-15-11/h2,5,10-12H,1,3-4,6-9H2. The highest BCUT2D eigenvalue weighted by atomic mass is 32.2. The topological polar surface area (TPSA) is 55.4 Å². The first-order valence-electron chi connectivity index (χ1n) is 5.87. The summed E-state index contributed by atoms with van der Waals surface area (Å²) in [5, 5.41) is 3.31. The minimum Gasteiger partial charge on any atom is -0.497 e. The minimum atomic E-state index is -2.73. The Morgan fingerprint density at radius 3 is 2.81 bits per heavy atom. The van der Waals surface area contributed by atoms with E-state index in [9.17, 15) is 8.42 Å². The van der Waals surface area contributed by atoms with Crippen molar-refractivity contribution in [3.05, 3.63) is 12.3 Å². The van der Waals surface area contributed by atoms with Gasteiger partial charge in [0, 0.05) is 6.54 Å². The molecule has 0 amide bonds. The molecule has 2 rings (SSSR count). The molecule has 0 aromatic heterocycles. The van der Waals surface area contributed by atoms with E-state index < -0.39 is 9.84 Å². The van der Waals surface area contributed by atoms with E-state index in [0.29, 0.717) is 17.4 Å². The van der Waals surface area contributed by atoms with E-state index in [2.05, 4.69) is 5.32 Å². The van der Waals surface area contributed by atoms with E-state index in [1.807, 2.05) is 6.08 Å². The largest absolute Gasteiger partial charge is 0.497 e. The molecule has 5 heteroatoms. The molecule has 2 aliphatic rings. The summed E-state index contributed by atoms with van der Waals surface area (Å²) in [4.78, 5) is 0. The third kappa shape index (κ3) is 3.49. The van der Waals surface area contributed by atoms with Crippen LogP contribution in [0.15, 0.2) is 12.3 Å². The lowest BCUT2D eigenvalue weighted by atomic mass is 10.1. The van der Waals surface area contributed by atoms with Crippen molar-refractivity contribution in [3.8, 4) is 0 Å². The van der Waals surface area contributed by atoms with Crippen LogP contribution in [-0.4, -0.2) is 39.1 Å². The number of hydrogen-bond donors (Lipinski definition) is 1. The van der Waals surface area contributed by atoms with Crippen LogP contribution >= 0.6 is 0 Å². The van der Waals surface area contributed by atoms with Crippen molar-refractivity contribution in [1.29, 1.82) is 0 Å². The van der Waals surface area contributed by atoms with Gasteiger partial charge >= 0.3 is 0 Å². The van der Waals surface area contributed by atoms with Gasteiger partial charge in [0.15, 0.2) is 9.84 Å². The predicted molar refractivity (Wildman–Crippen MR) is 62.9 cm³/mol. The van der Waals surface area contributed by atoms with E-state index >= 15 is 0 Å². The summed E-state index contributed by atoms with van der Waals surface area (Å²) in [5.74, 6) is 1.01. The number of nitrogens with one attached hydrogen (secondary N) is 1. The zero-order chi connectivity index (χ0) is 11.4. The van der Waals surface area contributed by atoms with Gasteiger partial charge in [-0.3, -0.25) is 0 Å². The quantitative estimate of drug-likeness (QED) is 0.792. The third-order valence-electron chi connectivity index (χ3n) is 3.15. The van der Waals surface area contributed by atoms with Gasteiger partial charge in [-0.15, -0.1) is 0 Å². The molecular weight excluding hydrogens is 226 g/mol. The Kier molecular flexibility index (Phi) is 3.86. The van der Waals surface area contributed by atoms with E-state index in [1.54, 1.807) is 6.26 Å². The molecule has 0 aromatic carbocycles. The maximum absolute atomic E-state index is 11.2. The zero-order valence-electron chi connectivity index (χ0n) is 9.39. The molecule has 1 saturated heterocycles. The number of rotatable bonds is 4. The summed E-state index contributed by atoms with van der Waals surface area (Å²) in [6.45, 7) is 1.61. The van der Waals surface area contributed by atoms with Crippen LogP contribution in [0.2, 0.25) is 0 Å². The molecule has 1 fully saturated rings. The van der Waals surface area contributed by atoms with Gasteiger partial charge in [-0.05, 0) is 37.8 Å². The van der Waals surface area contributed by atoms with Crippen molar-refractivity contribution < 1.29 is 13.2 Å². The monoisotopic (exact) mass is 245 g/mol. The first-order valence-corrected chi connectivity index (χ1v) is 7.69. The Hall–Kier alpha value is -0.550. The molecular formula is C11H19NO3S. The molecule has 16 heavy (non-hydrogen) atoms. The van der Waals surface area contributed by atoms with Crippen LogP contribution in [0.1, 0.15) is 19.3 Å². The van der Waals surface area contributed by atoms with Gasteiger partial charge in [0.2, 0.25) is 0 Å². The number of allylic oxidation sites excluding steroid dienone is 1. The van der Waals surface area contributed by atoms with Gasteiger partial charge in [0.25, 0.3) is 0 Å². The SMILES string of the molecule is O=S1(=O)CCC(CNCC2CCC=CO2)C1. The van der Waals surface area contributed by atoms with Gasteiger partial charge < -0.3 is 10.1 Å². The molecule has 2 aliphatic heterocycles. The minimum absolute atomic E-state index is 0.253. The normalized spacial score (nSPS) is 32.5. The average Bonchev–Trinajstić information content (AvgIpc) is 2.60. The summed E-state index contributed by atoms with van der Waals surface area (Å²) in [6, 6.07) is 0. The average molecular weight is 245 g/mol. The first kappa shape index (κ1) is 11.9. The van der Waals surface area contributed by atoms with Crippen LogP contribution in [0.4, 0.5) is 0 Å².